The standard InChI is InChI=1S/C51H58N10O4S2/c1-7-52-46(62)30-42-50-58-56-32(3)60(50)44-24-18-36(64-5)28-40(44)48(54-42)34-14-20-38(21-15-34)66-26-12-10-9-11-13-27-67-39-22-16-35(17-23-39)49-41-29-37(65-6)19-25-45(41)61-33(4)57-59-51(61)43(55-49)31-47(63)53-8-2/h14-25,28-29,42-43H,7-13,26-27,30-31H2,1-6H3,(H,52,62)(H,53,63)/t42-,43-/m0/s1. The summed E-state index contributed by atoms with van der Waals surface area (Å²) in [7, 11) is 3.32. The van der Waals surface area contributed by atoms with Gasteiger partial charge in [0.15, 0.2) is 11.6 Å². The Bertz CT molecular complexity index is 2580. The Kier molecular flexibility index (Phi) is 15.5. The molecule has 2 aliphatic rings. The number of nitrogens with zero attached hydrogens (tertiary/aromatic N) is 8. The maximum Gasteiger partial charge on any atom is 0.222 e. The molecule has 348 valence electrons. The number of rotatable bonds is 20. The highest BCUT2D eigenvalue weighted by Crippen LogP contribution is 2.37. The van der Waals surface area contributed by atoms with Crippen LogP contribution in [0.3, 0.4) is 0 Å². The average molecular weight is 939 g/mol. The summed E-state index contributed by atoms with van der Waals surface area (Å²) in [6, 6.07) is 28.0. The SMILES string of the molecule is CCNC(=O)C[C@@H]1N=C(c2ccc(SCCCCCCCSc3ccc(C4=N[C@@H](CC(=O)NCC)c5nnc(C)n5-c5ccc(OC)cc54)cc3)cc2)c2cc(OC)ccc2-n2c(C)nnc21. The largest absolute Gasteiger partial charge is 0.497 e. The molecular formula is C51H58N10O4S2. The van der Waals surface area contributed by atoms with Crippen LogP contribution in [0.1, 0.15) is 116 Å². The van der Waals surface area contributed by atoms with Gasteiger partial charge in [-0.3, -0.25) is 28.7 Å². The first-order chi connectivity index (χ1) is 32.7. The highest BCUT2D eigenvalue weighted by Gasteiger charge is 2.32. The van der Waals surface area contributed by atoms with Crippen LogP contribution in [0.5, 0.6) is 11.5 Å². The fraction of sp³-hybridized carbons (Fsp3) is 0.373. The molecular weight excluding hydrogens is 881 g/mol. The van der Waals surface area contributed by atoms with E-state index < -0.39 is 12.1 Å². The molecule has 0 saturated heterocycles. The smallest absolute Gasteiger partial charge is 0.222 e. The number of unbranched alkanes of at least 4 members (excludes halogenated alkanes) is 4. The molecule has 16 heteroatoms. The summed E-state index contributed by atoms with van der Waals surface area (Å²) in [5, 5.41) is 23.6. The Labute approximate surface area is 400 Å². The van der Waals surface area contributed by atoms with Crippen LogP contribution < -0.4 is 20.1 Å². The lowest BCUT2D eigenvalue weighted by Crippen LogP contribution is -2.25. The number of fused-ring (bicyclic) bond motifs is 6. The van der Waals surface area contributed by atoms with Crippen molar-refractivity contribution in [2.24, 2.45) is 9.98 Å². The lowest BCUT2D eigenvalue weighted by atomic mass is 10.00. The minimum absolute atomic E-state index is 0.0787. The fourth-order valence-electron chi connectivity index (χ4n) is 8.56. The van der Waals surface area contributed by atoms with Crippen molar-refractivity contribution in [1.82, 2.24) is 40.2 Å². The van der Waals surface area contributed by atoms with Crippen LogP contribution in [-0.2, 0) is 9.59 Å². The van der Waals surface area contributed by atoms with Gasteiger partial charge in [0.25, 0.3) is 0 Å². The molecule has 2 N–H and O–H groups in total. The maximum atomic E-state index is 12.9. The second-order valence-electron chi connectivity index (χ2n) is 16.5. The van der Waals surface area contributed by atoms with Gasteiger partial charge < -0.3 is 20.1 Å². The minimum Gasteiger partial charge on any atom is -0.497 e. The zero-order valence-electron chi connectivity index (χ0n) is 39.0. The number of thioether (sulfide) groups is 2. The van der Waals surface area contributed by atoms with Gasteiger partial charge in [-0.2, -0.15) is 0 Å². The van der Waals surface area contributed by atoms with E-state index in [0.717, 1.165) is 92.5 Å². The summed E-state index contributed by atoms with van der Waals surface area (Å²) in [4.78, 5) is 38.5. The van der Waals surface area contributed by atoms with Gasteiger partial charge in [0.05, 0.1) is 49.9 Å². The number of amides is 2. The summed E-state index contributed by atoms with van der Waals surface area (Å²) >= 11 is 3.76. The topological polar surface area (TPSA) is 163 Å². The van der Waals surface area contributed by atoms with E-state index in [0.29, 0.717) is 24.7 Å². The number of benzene rings is 4. The van der Waals surface area contributed by atoms with Crippen molar-refractivity contribution in [2.75, 3.05) is 38.8 Å². The number of hydrogen-bond acceptors (Lipinski definition) is 12. The average Bonchev–Trinajstić information content (AvgIpc) is 3.84. The van der Waals surface area contributed by atoms with Crippen molar-refractivity contribution in [3.05, 3.63) is 130 Å². The van der Waals surface area contributed by atoms with Gasteiger partial charge >= 0.3 is 0 Å². The molecule has 0 radical (unpaired) electrons. The second-order valence-corrected chi connectivity index (χ2v) is 18.8. The molecule has 67 heavy (non-hydrogen) atoms. The number of aryl methyl sites for hydroxylation is 2. The Balaban J connectivity index is 0.833. The first kappa shape index (κ1) is 47.2. The van der Waals surface area contributed by atoms with Crippen LogP contribution in [0, 0.1) is 13.8 Å². The molecule has 0 saturated carbocycles. The van der Waals surface area contributed by atoms with Crippen molar-refractivity contribution in [1.29, 1.82) is 0 Å². The number of aromatic nitrogens is 6. The Morgan fingerprint density at radius 1 is 0.567 bits per heavy atom. The van der Waals surface area contributed by atoms with Crippen molar-refractivity contribution >= 4 is 46.8 Å². The summed E-state index contributed by atoms with van der Waals surface area (Å²) in [6.45, 7) is 8.76. The van der Waals surface area contributed by atoms with E-state index in [-0.39, 0.29) is 24.7 Å². The Hall–Kier alpha value is -6.26. The van der Waals surface area contributed by atoms with Crippen molar-refractivity contribution in [3.63, 3.8) is 0 Å². The second kappa shape index (κ2) is 22.0. The molecule has 0 bridgehead atoms. The predicted octanol–water partition coefficient (Wildman–Crippen LogP) is 9.15. The number of carbonyl (C=O) groups excluding carboxylic acids is 2. The molecule has 4 heterocycles. The Morgan fingerprint density at radius 3 is 1.36 bits per heavy atom. The number of aliphatic imine (C=N–C) groups is 2. The molecule has 0 spiro atoms. The third-order valence-corrected chi connectivity index (χ3v) is 14.0. The number of hydrogen-bond donors (Lipinski definition) is 2. The maximum absolute atomic E-state index is 12.9. The normalized spacial score (nSPS) is 14.9. The monoisotopic (exact) mass is 938 g/mol. The number of carbonyl (C=O) groups is 2. The molecule has 8 rings (SSSR count). The summed E-state index contributed by atoms with van der Waals surface area (Å²) in [5.74, 6) is 6.16. The molecule has 14 nitrogen and oxygen atoms in total. The van der Waals surface area contributed by atoms with Crippen molar-refractivity contribution in [3.8, 4) is 22.9 Å². The molecule has 2 aromatic heterocycles. The van der Waals surface area contributed by atoms with Crippen LogP contribution in [0.25, 0.3) is 11.4 Å². The molecule has 0 unspecified atom stereocenters. The predicted molar refractivity (Wildman–Crippen MR) is 266 cm³/mol. The van der Waals surface area contributed by atoms with Gasteiger partial charge in [-0.05, 0) is 113 Å². The lowest BCUT2D eigenvalue weighted by Gasteiger charge is -2.14. The zero-order chi connectivity index (χ0) is 46.9. The van der Waals surface area contributed by atoms with Crippen LogP contribution in [0.2, 0.25) is 0 Å². The molecule has 0 aliphatic carbocycles. The molecule has 4 aromatic carbocycles. The van der Waals surface area contributed by atoms with Gasteiger partial charge in [0.2, 0.25) is 11.8 Å². The first-order valence-corrected chi connectivity index (χ1v) is 25.0. The first-order valence-electron chi connectivity index (χ1n) is 23.1. The van der Waals surface area contributed by atoms with Crippen molar-refractivity contribution in [2.45, 2.75) is 94.5 Å². The highest BCUT2D eigenvalue weighted by atomic mass is 32.2. The van der Waals surface area contributed by atoms with Crippen LogP contribution in [0.15, 0.2) is 105 Å². The summed E-state index contributed by atoms with van der Waals surface area (Å²) in [6.07, 6.45) is 6.25. The molecule has 2 atom stereocenters. The fourth-order valence-corrected chi connectivity index (χ4v) is 10.4. The molecule has 2 aliphatic heterocycles. The van der Waals surface area contributed by atoms with E-state index in [2.05, 4.69) is 79.6 Å². The van der Waals surface area contributed by atoms with Crippen LogP contribution >= 0.6 is 23.5 Å². The number of methoxy groups -OCH3 is 2. The van der Waals surface area contributed by atoms with E-state index >= 15 is 0 Å². The highest BCUT2D eigenvalue weighted by molar-refractivity contribution is 7.99. The van der Waals surface area contributed by atoms with Gasteiger partial charge in [-0.1, -0.05) is 43.5 Å². The quantitative estimate of drug-likeness (QED) is 0.0558. The lowest BCUT2D eigenvalue weighted by molar-refractivity contribution is -0.122. The third kappa shape index (κ3) is 10.8. The van der Waals surface area contributed by atoms with Gasteiger partial charge in [-0.15, -0.1) is 43.9 Å². The molecule has 2 amide bonds. The third-order valence-electron chi connectivity index (χ3n) is 11.9. The molecule has 6 aromatic rings. The Morgan fingerprint density at radius 2 is 0.970 bits per heavy atom. The van der Waals surface area contributed by atoms with Crippen molar-refractivity contribution < 1.29 is 19.1 Å². The zero-order valence-corrected chi connectivity index (χ0v) is 40.7. The number of nitrogens with one attached hydrogen (secondary N) is 2. The minimum atomic E-state index is -0.504. The number of ether oxygens (including phenoxy) is 2. The van der Waals surface area contributed by atoms with E-state index in [4.69, 9.17) is 19.5 Å². The van der Waals surface area contributed by atoms with Gasteiger partial charge in [-0.25, -0.2) is 0 Å². The summed E-state index contributed by atoms with van der Waals surface area (Å²) in [5.41, 5.74) is 7.15. The van der Waals surface area contributed by atoms with Gasteiger partial charge in [0, 0.05) is 45.1 Å². The molecule has 0 fully saturated rings. The van der Waals surface area contributed by atoms with Crippen LogP contribution in [-0.4, -0.2) is 91.6 Å². The van der Waals surface area contributed by atoms with E-state index in [1.165, 1.54) is 29.1 Å². The van der Waals surface area contributed by atoms with Crippen LogP contribution in [0.4, 0.5) is 0 Å². The van der Waals surface area contributed by atoms with E-state index in [1.54, 1.807) is 14.2 Å². The van der Waals surface area contributed by atoms with Gasteiger partial charge in [0.1, 0.15) is 35.2 Å². The summed E-state index contributed by atoms with van der Waals surface area (Å²) < 4.78 is 15.3. The van der Waals surface area contributed by atoms with E-state index in [1.807, 2.05) is 96.8 Å². The van der Waals surface area contributed by atoms with E-state index in [9.17, 15) is 9.59 Å².